The third-order valence-electron chi connectivity index (χ3n) is 3.49. The first-order valence-electron chi connectivity index (χ1n) is 7.14. The van der Waals surface area contributed by atoms with Gasteiger partial charge in [0.2, 0.25) is 0 Å². The standard InChI is InChI=1S/C20H17NS/c1-16(22)17-12-14-20(15-13-17)21(18-8-4-2-5-9-18)19-10-6-3-7-11-19/h2-15,22H,1H2. The molecule has 0 aromatic heterocycles. The van der Waals surface area contributed by atoms with Gasteiger partial charge in [-0.15, -0.1) is 12.6 Å². The average molecular weight is 303 g/mol. The second kappa shape index (κ2) is 6.54. The number of hydrogen-bond donors (Lipinski definition) is 1. The Balaban J connectivity index is 2.08. The first kappa shape index (κ1) is 14.5. The molecule has 0 saturated carbocycles. The van der Waals surface area contributed by atoms with Crippen molar-refractivity contribution >= 4 is 34.6 Å². The molecule has 0 aliphatic heterocycles. The highest BCUT2D eigenvalue weighted by atomic mass is 32.1. The zero-order chi connectivity index (χ0) is 15.4. The quantitative estimate of drug-likeness (QED) is 0.574. The average Bonchev–Trinajstić information content (AvgIpc) is 2.57. The van der Waals surface area contributed by atoms with Crippen LogP contribution < -0.4 is 4.90 Å². The summed E-state index contributed by atoms with van der Waals surface area (Å²) in [4.78, 5) is 3.00. The summed E-state index contributed by atoms with van der Waals surface area (Å²) in [5.74, 6) is 0. The van der Waals surface area contributed by atoms with Crippen LogP contribution in [0.15, 0.2) is 91.5 Å². The van der Waals surface area contributed by atoms with Gasteiger partial charge in [-0.25, -0.2) is 0 Å². The summed E-state index contributed by atoms with van der Waals surface area (Å²) < 4.78 is 0. The van der Waals surface area contributed by atoms with Crippen LogP contribution in [0.5, 0.6) is 0 Å². The van der Waals surface area contributed by atoms with E-state index in [9.17, 15) is 0 Å². The van der Waals surface area contributed by atoms with Gasteiger partial charge in [-0.1, -0.05) is 55.1 Å². The van der Waals surface area contributed by atoms with Crippen molar-refractivity contribution < 1.29 is 0 Å². The summed E-state index contributed by atoms with van der Waals surface area (Å²) in [6.07, 6.45) is 0. The summed E-state index contributed by atoms with van der Waals surface area (Å²) in [6, 6.07) is 29.0. The molecule has 0 bridgehead atoms. The topological polar surface area (TPSA) is 3.24 Å². The monoisotopic (exact) mass is 303 g/mol. The molecule has 0 N–H and O–H groups in total. The minimum atomic E-state index is 0.775. The fourth-order valence-electron chi connectivity index (χ4n) is 2.40. The second-order valence-corrected chi connectivity index (χ2v) is 5.54. The number of nitrogens with zero attached hydrogens (tertiary/aromatic N) is 1. The Morgan fingerprint density at radius 1 is 0.636 bits per heavy atom. The van der Waals surface area contributed by atoms with E-state index < -0.39 is 0 Å². The van der Waals surface area contributed by atoms with E-state index in [2.05, 4.69) is 84.8 Å². The summed E-state index contributed by atoms with van der Waals surface area (Å²) in [5.41, 5.74) is 4.40. The molecule has 22 heavy (non-hydrogen) atoms. The van der Waals surface area contributed by atoms with Gasteiger partial charge in [0.05, 0.1) is 0 Å². The Kier molecular flexibility index (Phi) is 4.31. The molecule has 0 aliphatic carbocycles. The lowest BCUT2D eigenvalue weighted by molar-refractivity contribution is 1.28. The molecule has 0 radical (unpaired) electrons. The third-order valence-corrected chi connectivity index (χ3v) is 3.75. The lowest BCUT2D eigenvalue weighted by Gasteiger charge is -2.25. The highest BCUT2D eigenvalue weighted by molar-refractivity contribution is 7.90. The lowest BCUT2D eigenvalue weighted by Crippen LogP contribution is -2.09. The fourth-order valence-corrected chi connectivity index (χ4v) is 2.55. The number of hydrogen-bond acceptors (Lipinski definition) is 2. The Hall–Kier alpha value is -2.45. The van der Waals surface area contributed by atoms with E-state index in [4.69, 9.17) is 0 Å². The number of benzene rings is 3. The zero-order valence-corrected chi connectivity index (χ0v) is 13.1. The predicted molar refractivity (Wildman–Crippen MR) is 99.1 cm³/mol. The molecule has 0 aliphatic rings. The number of rotatable bonds is 4. The highest BCUT2D eigenvalue weighted by Crippen LogP contribution is 2.34. The van der Waals surface area contributed by atoms with Crippen molar-refractivity contribution in [3.05, 3.63) is 97.1 Å². The maximum absolute atomic E-state index is 4.31. The molecule has 3 aromatic carbocycles. The molecular formula is C20H17NS. The Morgan fingerprint density at radius 3 is 1.45 bits per heavy atom. The van der Waals surface area contributed by atoms with Crippen LogP contribution in [0.1, 0.15) is 5.56 Å². The predicted octanol–water partition coefficient (Wildman–Crippen LogP) is 6.06. The van der Waals surface area contributed by atoms with Gasteiger partial charge in [0.1, 0.15) is 0 Å². The van der Waals surface area contributed by atoms with Crippen molar-refractivity contribution in [2.75, 3.05) is 4.90 Å². The van der Waals surface area contributed by atoms with Crippen LogP contribution in [0.3, 0.4) is 0 Å². The van der Waals surface area contributed by atoms with Crippen molar-refractivity contribution in [1.29, 1.82) is 0 Å². The van der Waals surface area contributed by atoms with Crippen molar-refractivity contribution in [3.8, 4) is 0 Å². The Morgan fingerprint density at radius 2 is 1.05 bits per heavy atom. The van der Waals surface area contributed by atoms with E-state index in [1.165, 1.54) is 0 Å². The van der Waals surface area contributed by atoms with Crippen molar-refractivity contribution in [1.82, 2.24) is 0 Å². The van der Waals surface area contributed by atoms with Crippen LogP contribution in [0.4, 0.5) is 17.1 Å². The van der Waals surface area contributed by atoms with Crippen LogP contribution in [0.25, 0.3) is 4.91 Å². The molecule has 0 fully saturated rings. The van der Waals surface area contributed by atoms with Crippen molar-refractivity contribution in [2.45, 2.75) is 0 Å². The molecule has 0 heterocycles. The van der Waals surface area contributed by atoms with Crippen LogP contribution >= 0.6 is 12.6 Å². The maximum atomic E-state index is 4.31. The van der Waals surface area contributed by atoms with Gasteiger partial charge < -0.3 is 4.90 Å². The first-order valence-corrected chi connectivity index (χ1v) is 7.59. The van der Waals surface area contributed by atoms with Crippen molar-refractivity contribution in [2.24, 2.45) is 0 Å². The molecule has 108 valence electrons. The molecular weight excluding hydrogens is 286 g/mol. The molecule has 0 saturated heterocycles. The van der Waals surface area contributed by atoms with Crippen LogP contribution in [0.2, 0.25) is 0 Å². The molecule has 3 aromatic rings. The molecule has 0 spiro atoms. The molecule has 1 nitrogen and oxygen atoms in total. The van der Waals surface area contributed by atoms with E-state index in [0.29, 0.717) is 0 Å². The van der Waals surface area contributed by atoms with Crippen LogP contribution in [-0.4, -0.2) is 0 Å². The summed E-state index contributed by atoms with van der Waals surface area (Å²) >= 11 is 4.31. The Bertz CT molecular complexity index is 709. The molecule has 2 heteroatoms. The van der Waals surface area contributed by atoms with Crippen molar-refractivity contribution in [3.63, 3.8) is 0 Å². The highest BCUT2D eigenvalue weighted by Gasteiger charge is 2.11. The summed E-state index contributed by atoms with van der Waals surface area (Å²) in [5, 5.41) is 0. The molecule has 0 unspecified atom stereocenters. The molecule has 3 rings (SSSR count). The van der Waals surface area contributed by atoms with Crippen LogP contribution in [0, 0.1) is 0 Å². The minimum absolute atomic E-state index is 0.775. The van der Waals surface area contributed by atoms with Gasteiger partial charge in [-0.2, -0.15) is 0 Å². The SMILES string of the molecule is C=C(S)c1ccc(N(c2ccccc2)c2ccccc2)cc1. The van der Waals surface area contributed by atoms with Gasteiger partial charge in [0.25, 0.3) is 0 Å². The number of thiol groups is 1. The van der Waals surface area contributed by atoms with Gasteiger partial charge in [0, 0.05) is 22.0 Å². The van der Waals surface area contributed by atoms with Gasteiger partial charge in [0.15, 0.2) is 0 Å². The van der Waals surface area contributed by atoms with E-state index >= 15 is 0 Å². The van der Waals surface area contributed by atoms with E-state index in [1.807, 2.05) is 24.3 Å². The number of para-hydroxylation sites is 2. The normalized spacial score (nSPS) is 10.2. The largest absolute Gasteiger partial charge is 0.311 e. The summed E-state index contributed by atoms with van der Waals surface area (Å²) in [6.45, 7) is 3.87. The smallest absolute Gasteiger partial charge is 0.0462 e. The molecule has 0 atom stereocenters. The van der Waals surface area contributed by atoms with E-state index in [0.717, 1.165) is 27.5 Å². The maximum Gasteiger partial charge on any atom is 0.0462 e. The van der Waals surface area contributed by atoms with Gasteiger partial charge >= 0.3 is 0 Å². The zero-order valence-electron chi connectivity index (χ0n) is 12.2. The van der Waals surface area contributed by atoms with E-state index in [1.54, 1.807) is 0 Å². The molecule has 0 amide bonds. The lowest BCUT2D eigenvalue weighted by atomic mass is 10.1. The van der Waals surface area contributed by atoms with Gasteiger partial charge in [-0.3, -0.25) is 0 Å². The second-order valence-electron chi connectivity index (χ2n) is 5.00. The first-order chi connectivity index (χ1) is 10.8. The van der Waals surface area contributed by atoms with Crippen LogP contribution in [-0.2, 0) is 0 Å². The fraction of sp³-hybridized carbons (Fsp3) is 0. The van der Waals surface area contributed by atoms with Gasteiger partial charge in [-0.05, 0) is 42.0 Å². The number of anilines is 3. The Labute approximate surface area is 137 Å². The minimum Gasteiger partial charge on any atom is -0.311 e. The van der Waals surface area contributed by atoms with E-state index in [-0.39, 0.29) is 0 Å². The summed E-state index contributed by atoms with van der Waals surface area (Å²) in [7, 11) is 0. The third kappa shape index (κ3) is 3.07.